The Morgan fingerprint density at radius 2 is 1.86 bits per heavy atom. The van der Waals surface area contributed by atoms with Gasteiger partial charge in [-0.25, -0.2) is 4.39 Å². The lowest BCUT2D eigenvalue weighted by Crippen LogP contribution is -2.06. The molecular formula is C17H19BrFNO2. The molecule has 3 nitrogen and oxygen atoms in total. The first kappa shape index (κ1) is 16.6. The molecule has 0 atom stereocenters. The molecule has 118 valence electrons. The van der Waals surface area contributed by atoms with Gasteiger partial charge in [0.05, 0.1) is 13.7 Å². The molecule has 0 aromatic heterocycles. The molecule has 0 aliphatic heterocycles. The Bertz CT molecular complexity index is 617. The van der Waals surface area contributed by atoms with Gasteiger partial charge in [-0.15, -0.1) is 0 Å². The van der Waals surface area contributed by atoms with Crippen LogP contribution in [0.1, 0.15) is 18.9 Å². The molecule has 0 aliphatic rings. The summed E-state index contributed by atoms with van der Waals surface area (Å²) in [6, 6.07) is 10.1. The minimum absolute atomic E-state index is 0.250. The highest BCUT2D eigenvalue weighted by atomic mass is 79.9. The molecule has 0 heterocycles. The van der Waals surface area contributed by atoms with Crippen molar-refractivity contribution in [2.24, 2.45) is 0 Å². The van der Waals surface area contributed by atoms with Gasteiger partial charge < -0.3 is 14.8 Å². The Morgan fingerprint density at radius 1 is 1.14 bits per heavy atom. The van der Waals surface area contributed by atoms with Crippen molar-refractivity contribution in [1.82, 2.24) is 0 Å². The van der Waals surface area contributed by atoms with Crippen molar-refractivity contribution in [1.29, 1.82) is 0 Å². The van der Waals surface area contributed by atoms with Crippen LogP contribution in [0.25, 0.3) is 0 Å². The summed E-state index contributed by atoms with van der Waals surface area (Å²) >= 11 is 3.55. The smallest absolute Gasteiger partial charge is 0.167 e. The minimum Gasteiger partial charge on any atom is -0.493 e. The summed E-state index contributed by atoms with van der Waals surface area (Å²) in [4.78, 5) is 0. The lowest BCUT2D eigenvalue weighted by atomic mass is 10.1. The summed E-state index contributed by atoms with van der Waals surface area (Å²) in [5.74, 6) is 1.18. The monoisotopic (exact) mass is 367 g/mol. The molecule has 0 unspecified atom stereocenters. The van der Waals surface area contributed by atoms with Gasteiger partial charge in [0.2, 0.25) is 0 Å². The third-order valence-corrected chi connectivity index (χ3v) is 3.89. The molecule has 1 N–H and O–H groups in total. The Morgan fingerprint density at radius 3 is 2.50 bits per heavy atom. The van der Waals surface area contributed by atoms with Crippen LogP contribution in [-0.2, 0) is 6.54 Å². The number of rotatable bonds is 7. The molecule has 0 spiro atoms. The lowest BCUT2D eigenvalue weighted by Gasteiger charge is -2.17. The van der Waals surface area contributed by atoms with E-state index in [2.05, 4.69) is 28.2 Å². The van der Waals surface area contributed by atoms with Gasteiger partial charge in [-0.05, 0) is 42.8 Å². The number of ether oxygens (including phenoxy) is 2. The van der Waals surface area contributed by atoms with Crippen molar-refractivity contribution in [2.45, 2.75) is 19.9 Å². The maximum absolute atomic E-state index is 12.9. The molecule has 0 bridgehead atoms. The molecule has 0 aliphatic carbocycles. The molecule has 22 heavy (non-hydrogen) atoms. The largest absolute Gasteiger partial charge is 0.493 e. The SMILES string of the molecule is CCCOc1c(OC)ccc(Br)c1CNc1ccc(F)cc1. The highest BCUT2D eigenvalue weighted by Gasteiger charge is 2.14. The molecular weight excluding hydrogens is 349 g/mol. The summed E-state index contributed by atoms with van der Waals surface area (Å²) in [6.45, 7) is 3.22. The van der Waals surface area contributed by atoms with Gasteiger partial charge in [-0.2, -0.15) is 0 Å². The Kier molecular flexibility index (Phi) is 6.07. The first-order valence-corrected chi connectivity index (χ1v) is 7.92. The standard InChI is InChI=1S/C17H19BrFNO2/c1-3-10-22-17-14(15(18)8-9-16(17)21-2)11-20-13-6-4-12(19)5-7-13/h4-9,20H,3,10-11H2,1-2H3. The first-order valence-electron chi connectivity index (χ1n) is 7.13. The first-order chi connectivity index (χ1) is 10.7. The average Bonchev–Trinajstić information content (AvgIpc) is 2.53. The van der Waals surface area contributed by atoms with Gasteiger partial charge in [0.1, 0.15) is 5.82 Å². The fraction of sp³-hybridized carbons (Fsp3) is 0.294. The Balaban J connectivity index is 2.22. The zero-order valence-corrected chi connectivity index (χ0v) is 14.2. The summed E-state index contributed by atoms with van der Waals surface area (Å²) in [7, 11) is 1.62. The van der Waals surface area contributed by atoms with Crippen LogP contribution in [0.15, 0.2) is 40.9 Å². The van der Waals surface area contributed by atoms with Gasteiger partial charge in [0.15, 0.2) is 11.5 Å². The molecule has 0 saturated carbocycles. The predicted octanol–water partition coefficient (Wildman–Crippen LogP) is 5.00. The minimum atomic E-state index is -0.250. The van der Waals surface area contributed by atoms with Gasteiger partial charge in [-0.1, -0.05) is 22.9 Å². The van der Waals surface area contributed by atoms with Crippen LogP contribution >= 0.6 is 15.9 Å². The summed E-state index contributed by atoms with van der Waals surface area (Å²) in [6.07, 6.45) is 0.917. The molecule has 2 aromatic rings. The molecule has 2 rings (SSSR count). The van der Waals surface area contributed by atoms with E-state index in [0.29, 0.717) is 18.9 Å². The van der Waals surface area contributed by atoms with Crippen LogP contribution in [0.3, 0.4) is 0 Å². The van der Waals surface area contributed by atoms with Crippen LogP contribution in [0, 0.1) is 5.82 Å². The number of benzene rings is 2. The zero-order valence-electron chi connectivity index (χ0n) is 12.7. The van der Waals surface area contributed by atoms with Crippen LogP contribution in [0.4, 0.5) is 10.1 Å². The van der Waals surface area contributed by atoms with Crippen molar-refractivity contribution >= 4 is 21.6 Å². The van der Waals surface area contributed by atoms with E-state index in [9.17, 15) is 4.39 Å². The number of hydrogen-bond acceptors (Lipinski definition) is 3. The lowest BCUT2D eigenvalue weighted by molar-refractivity contribution is 0.291. The van der Waals surface area contributed by atoms with Crippen LogP contribution in [0.5, 0.6) is 11.5 Å². The number of nitrogens with one attached hydrogen (secondary N) is 1. The van der Waals surface area contributed by atoms with Gasteiger partial charge >= 0.3 is 0 Å². The molecule has 0 saturated heterocycles. The van der Waals surface area contributed by atoms with Gasteiger partial charge in [0.25, 0.3) is 0 Å². The fourth-order valence-corrected chi connectivity index (χ4v) is 2.48. The fourth-order valence-electron chi connectivity index (χ4n) is 2.03. The second kappa shape index (κ2) is 8.03. The maximum atomic E-state index is 12.9. The van der Waals surface area contributed by atoms with E-state index < -0.39 is 0 Å². The second-order valence-electron chi connectivity index (χ2n) is 4.77. The number of halogens is 2. The normalized spacial score (nSPS) is 10.4. The molecule has 0 amide bonds. The van der Waals surface area contributed by atoms with Crippen molar-refractivity contribution < 1.29 is 13.9 Å². The molecule has 0 radical (unpaired) electrons. The molecule has 2 aromatic carbocycles. The average molecular weight is 368 g/mol. The van der Waals surface area contributed by atoms with Crippen molar-refractivity contribution in [3.05, 3.63) is 52.3 Å². The third-order valence-electron chi connectivity index (χ3n) is 3.15. The highest BCUT2D eigenvalue weighted by Crippen LogP contribution is 2.36. The number of hydrogen-bond donors (Lipinski definition) is 1. The highest BCUT2D eigenvalue weighted by molar-refractivity contribution is 9.10. The van der Waals surface area contributed by atoms with E-state index in [0.717, 1.165) is 27.9 Å². The summed E-state index contributed by atoms with van der Waals surface area (Å²) in [5, 5.41) is 3.26. The van der Waals surface area contributed by atoms with Crippen LogP contribution in [-0.4, -0.2) is 13.7 Å². The van der Waals surface area contributed by atoms with E-state index >= 15 is 0 Å². The molecule has 0 fully saturated rings. The quantitative estimate of drug-likeness (QED) is 0.746. The summed E-state index contributed by atoms with van der Waals surface area (Å²) < 4.78 is 25.1. The van der Waals surface area contributed by atoms with E-state index in [1.165, 1.54) is 12.1 Å². The van der Waals surface area contributed by atoms with E-state index in [-0.39, 0.29) is 5.82 Å². The van der Waals surface area contributed by atoms with Crippen LogP contribution < -0.4 is 14.8 Å². The summed E-state index contributed by atoms with van der Waals surface area (Å²) in [5.41, 5.74) is 1.81. The van der Waals surface area contributed by atoms with Gasteiger partial charge in [-0.3, -0.25) is 0 Å². The maximum Gasteiger partial charge on any atom is 0.167 e. The topological polar surface area (TPSA) is 30.5 Å². The zero-order chi connectivity index (χ0) is 15.9. The number of anilines is 1. The second-order valence-corrected chi connectivity index (χ2v) is 5.62. The predicted molar refractivity (Wildman–Crippen MR) is 90.2 cm³/mol. The Labute approximate surface area is 138 Å². The van der Waals surface area contributed by atoms with E-state index in [1.54, 1.807) is 19.2 Å². The third kappa shape index (κ3) is 4.13. The van der Waals surface area contributed by atoms with E-state index in [1.807, 2.05) is 12.1 Å². The van der Waals surface area contributed by atoms with Gasteiger partial charge in [0, 0.05) is 22.3 Å². The van der Waals surface area contributed by atoms with Crippen molar-refractivity contribution in [3.8, 4) is 11.5 Å². The number of methoxy groups -OCH3 is 1. The Hall–Kier alpha value is -1.75. The van der Waals surface area contributed by atoms with Crippen molar-refractivity contribution in [3.63, 3.8) is 0 Å². The molecule has 5 heteroatoms. The van der Waals surface area contributed by atoms with E-state index in [4.69, 9.17) is 9.47 Å². The van der Waals surface area contributed by atoms with Crippen molar-refractivity contribution in [2.75, 3.05) is 19.0 Å². The van der Waals surface area contributed by atoms with Crippen LogP contribution in [0.2, 0.25) is 0 Å².